The molecule has 1 saturated carbocycles. The van der Waals surface area contributed by atoms with Gasteiger partial charge in [0.1, 0.15) is 0 Å². The standard InChI is InChI=1S/C14H28N2O2/c1-11(8-15-12-6-4-5-7-12)16-9-13(17-2)14(10-16)18-3/h11-15H,4-10H2,1-3H3. The summed E-state index contributed by atoms with van der Waals surface area (Å²) in [7, 11) is 3.56. The maximum absolute atomic E-state index is 5.49. The van der Waals surface area contributed by atoms with Gasteiger partial charge in [0.15, 0.2) is 0 Å². The Kier molecular flexibility index (Phi) is 5.42. The molecule has 2 aliphatic rings. The predicted octanol–water partition coefficient (Wildman–Crippen LogP) is 1.25. The minimum Gasteiger partial charge on any atom is -0.377 e. The smallest absolute Gasteiger partial charge is 0.0971 e. The van der Waals surface area contributed by atoms with Gasteiger partial charge >= 0.3 is 0 Å². The maximum atomic E-state index is 5.49. The van der Waals surface area contributed by atoms with E-state index in [1.54, 1.807) is 14.2 Å². The molecule has 0 aromatic heterocycles. The van der Waals surface area contributed by atoms with Crippen molar-refractivity contribution in [3.05, 3.63) is 0 Å². The molecule has 3 atom stereocenters. The van der Waals surface area contributed by atoms with Crippen molar-refractivity contribution >= 4 is 0 Å². The first-order chi connectivity index (χ1) is 8.74. The predicted molar refractivity (Wildman–Crippen MR) is 72.9 cm³/mol. The zero-order valence-electron chi connectivity index (χ0n) is 12.0. The van der Waals surface area contributed by atoms with Crippen molar-refractivity contribution in [2.24, 2.45) is 0 Å². The Balaban J connectivity index is 1.73. The summed E-state index contributed by atoms with van der Waals surface area (Å²) < 4.78 is 11.0. The van der Waals surface area contributed by atoms with E-state index in [-0.39, 0.29) is 12.2 Å². The van der Waals surface area contributed by atoms with Crippen LogP contribution < -0.4 is 5.32 Å². The molecule has 1 aliphatic carbocycles. The fraction of sp³-hybridized carbons (Fsp3) is 1.00. The number of likely N-dealkylation sites (tertiary alicyclic amines) is 1. The molecular weight excluding hydrogens is 228 g/mol. The average molecular weight is 256 g/mol. The normalized spacial score (nSPS) is 32.2. The minimum absolute atomic E-state index is 0.226. The van der Waals surface area contributed by atoms with Crippen LogP contribution in [0.4, 0.5) is 0 Å². The van der Waals surface area contributed by atoms with E-state index in [0.717, 1.165) is 25.7 Å². The molecule has 3 unspecified atom stereocenters. The lowest BCUT2D eigenvalue weighted by molar-refractivity contribution is -0.00461. The lowest BCUT2D eigenvalue weighted by Crippen LogP contribution is -2.42. The van der Waals surface area contributed by atoms with Crippen LogP contribution in [0.2, 0.25) is 0 Å². The quantitative estimate of drug-likeness (QED) is 0.775. The average Bonchev–Trinajstić information content (AvgIpc) is 3.04. The van der Waals surface area contributed by atoms with Crippen molar-refractivity contribution in [3.8, 4) is 0 Å². The van der Waals surface area contributed by atoms with Gasteiger partial charge in [-0.15, -0.1) is 0 Å². The van der Waals surface area contributed by atoms with Crippen LogP contribution >= 0.6 is 0 Å². The Labute approximate surface area is 111 Å². The molecule has 0 amide bonds. The molecule has 4 heteroatoms. The number of hydrogen-bond acceptors (Lipinski definition) is 4. The highest BCUT2D eigenvalue weighted by molar-refractivity contribution is 4.89. The largest absolute Gasteiger partial charge is 0.377 e. The molecule has 1 N–H and O–H groups in total. The lowest BCUT2D eigenvalue weighted by atomic mass is 10.2. The Morgan fingerprint density at radius 3 is 2.17 bits per heavy atom. The molecule has 18 heavy (non-hydrogen) atoms. The molecule has 106 valence electrons. The van der Waals surface area contributed by atoms with Crippen LogP contribution in [0, 0.1) is 0 Å². The summed E-state index contributed by atoms with van der Waals surface area (Å²) in [6.45, 7) is 5.36. The highest BCUT2D eigenvalue weighted by Crippen LogP contribution is 2.20. The number of hydrogen-bond donors (Lipinski definition) is 1. The summed E-state index contributed by atoms with van der Waals surface area (Å²) in [6.07, 6.45) is 5.95. The zero-order chi connectivity index (χ0) is 13.0. The molecular formula is C14H28N2O2. The van der Waals surface area contributed by atoms with Crippen LogP contribution in [-0.4, -0.2) is 63.0 Å². The summed E-state index contributed by atoms with van der Waals surface area (Å²) in [4.78, 5) is 2.48. The van der Waals surface area contributed by atoms with Crippen molar-refractivity contribution in [1.29, 1.82) is 0 Å². The molecule has 0 radical (unpaired) electrons. The van der Waals surface area contributed by atoms with E-state index in [2.05, 4.69) is 17.1 Å². The molecule has 2 fully saturated rings. The molecule has 0 bridgehead atoms. The van der Waals surface area contributed by atoms with Crippen LogP contribution in [0.25, 0.3) is 0 Å². The van der Waals surface area contributed by atoms with Gasteiger partial charge < -0.3 is 14.8 Å². The molecule has 2 rings (SSSR count). The van der Waals surface area contributed by atoms with E-state index in [1.807, 2.05) is 0 Å². The minimum atomic E-state index is 0.226. The van der Waals surface area contributed by atoms with Crippen molar-refractivity contribution in [1.82, 2.24) is 10.2 Å². The molecule has 1 heterocycles. The number of ether oxygens (including phenoxy) is 2. The Bertz CT molecular complexity index is 232. The van der Waals surface area contributed by atoms with E-state index in [0.29, 0.717) is 6.04 Å². The highest BCUT2D eigenvalue weighted by atomic mass is 16.5. The second kappa shape index (κ2) is 6.85. The van der Waals surface area contributed by atoms with Gasteiger partial charge in [-0.2, -0.15) is 0 Å². The first-order valence-electron chi connectivity index (χ1n) is 7.27. The zero-order valence-corrected chi connectivity index (χ0v) is 12.0. The number of methoxy groups -OCH3 is 2. The third-order valence-corrected chi connectivity index (χ3v) is 4.53. The first-order valence-corrected chi connectivity index (χ1v) is 7.27. The Morgan fingerprint density at radius 2 is 1.67 bits per heavy atom. The van der Waals surface area contributed by atoms with Gasteiger partial charge in [0.2, 0.25) is 0 Å². The van der Waals surface area contributed by atoms with Crippen LogP contribution in [0.5, 0.6) is 0 Å². The third-order valence-electron chi connectivity index (χ3n) is 4.53. The molecule has 4 nitrogen and oxygen atoms in total. The lowest BCUT2D eigenvalue weighted by Gasteiger charge is -2.25. The van der Waals surface area contributed by atoms with E-state index in [1.165, 1.54) is 25.7 Å². The maximum Gasteiger partial charge on any atom is 0.0971 e. The van der Waals surface area contributed by atoms with E-state index >= 15 is 0 Å². The van der Waals surface area contributed by atoms with Gasteiger partial charge in [-0.25, -0.2) is 0 Å². The monoisotopic (exact) mass is 256 g/mol. The van der Waals surface area contributed by atoms with Crippen molar-refractivity contribution in [2.75, 3.05) is 33.9 Å². The molecule has 1 saturated heterocycles. The van der Waals surface area contributed by atoms with Crippen LogP contribution in [0.3, 0.4) is 0 Å². The van der Waals surface area contributed by atoms with E-state index in [4.69, 9.17) is 9.47 Å². The first kappa shape index (κ1) is 14.3. The molecule has 0 aromatic rings. The fourth-order valence-electron chi connectivity index (χ4n) is 3.18. The van der Waals surface area contributed by atoms with Gasteiger partial charge in [0, 0.05) is 45.9 Å². The highest BCUT2D eigenvalue weighted by Gasteiger charge is 2.35. The number of rotatable bonds is 6. The molecule has 0 aromatic carbocycles. The van der Waals surface area contributed by atoms with E-state index in [9.17, 15) is 0 Å². The van der Waals surface area contributed by atoms with Gasteiger partial charge in [-0.05, 0) is 19.8 Å². The molecule has 1 aliphatic heterocycles. The summed E-state index contributed by atoms with van der Waals surface area (Å²) >= 11 is 0. The van der Waals surface area contributed by atoms with E-state index < -0.39 is 0 Å². The summed E-state index contributed by atoms with van der Waals surface area (Å²) in [5.41, 5.74) is 0. The Morgan fingerprint density at radius 1 is 1.11 bits per heavy atom. The van der Waals surface area contributed by atoms with Crippen LogP contribution in [0.1, 0.15) is 32.6 Å². The summed E-state index contributed by atoms with van der Waals surface area (Å²) in [5.74, 6) is 0. The van der Waals surface area contributed by atoms with Gasteiger partial charge in [0.25, 0.3) is 0 Å². The van der Waals surface area contributed by atoms with Crippen molar-refractivity contribution in [2.45, 2.75) is 56.9 Å². The topological polar surface area (TPSA) is 33.7 Å². The summed E-state index contributed by atoms with van der Waals surface area (Å²) in [6, 6.07) is 1.31. The van der Waals surface area contributed by atoms with Crippen LogP contribution in [0.15, 0.2) is 0 Å². The second-order valence-electron chi connectivity index (χ2n) is 5.74. The number of nitrogens with one attached hydrogen (secondary N) is 1. The van der Waals surface area contributed by atoms with Gasteiger partial charge in [-0.1, -0.05) is 12.8 Å². The fourth-order valence-corrected chi connectivity index (χ4v) is 3.18. The third kappa shape index (κ3) is 3.44. The van der Waals surface area contributed by atoms with Crippen molar-refractivity contribution < 1.29 is 9.47 Å². The SMILES string of the molecule is COC1CN(C(C)CNC2CCCC2)CC1OC. The van der Waals surface area contributed by atoms with Gasteiger partial charge in [0.05, 0.1) is 12.2 Å². The second-order valence-corrected chi connectivity index (χ2v) is 5.74. The number of nitrogens with zero attached hydrogens (tertiary/aromatic N) is 1. The van der Waals surface area contributed by atoms with Crippen molar-refractivity contribution in [3.63, 3.8) is 0 Å². The summed E-state index contributed by atoms with van der Waals surface area (Å²) in [5, 5.41) is 3.70. The van der Waals surface area contributed by atoms with Crippen LogP contribution in [-0.2, 0) is 9.47 Å². The van der Waals surface area contributed by atoms with Gasteiger partial charge in [-0.3, -0.25) is 4.90 Å². The Hall–Kier alpha value is -0.160. The molecule has 0 spiro atoms.